The Morgan fingerprint density at radius 2 is 1.60 bits per heavy atom. The molecule has 4 atom stereocenters. The lowest BCUT2D eigenvalue weighted by molar-refractivity contribution is -0.155. The number of ether oxygens (including phenoxy) is 3. The van der Waals surface area contributed by atoms with Gasteiger partial charge in [-0.05, 0) is 46.9 Å². The summed E-state index contributed by atoms with van der Waals surface area (Å²) in [5.41, 5.74) is 0.834. The first-order chi connectivity index (χ1) is 19.4. The molecule has 0 bridgehead atoms. The van der Waals surface area contributed by atoms with E-state index in [2.05, 4.69) is 11.2 Å². The number of benzene rings is 3. The van der Waals surface area contributed by atoms with Crippen molar-refractivity contribution in [3.05, 3.63) is 60.2 Å². The van der Waals surface area contributed by atoms with Crippen molar-refractivity contribution >= 4 is 45.7 Å². The maximum atomic E-state index is 12.9. The Morgan fingerprint density at radius 1 is 0.975 bits per heavy atom. The van der Waals surface area contributed by atoms with Crippen molar-refractivity contribution in [2.75, 3.05) is 26.4 Å². The summed E-state index contributed by atoms with van der Waals surface area (Å²) >= 11 is 0. The normalized spacial score (nSPS) is 16.9. The Bertz CT molecular complexity index is 1310. The molecule has 3 aromatic carbocycles. The summed E-state index contributed by atoms with van der Waals surface area (Å²) in [6.07, 6.45) is 2.17. The summed E-state index contributed by atoms with van der Waals surface area (Å²) in [4.78, 5) is 43.5. The Morgan fingerprint density at radius 3 is 2.20 bits per heavy atom. The molecule has 0 amide bonds. The molecule has 9 nitrogen and oxygen atoms in total. The molecular weight excluding hydrogens is 514 g/mol. The number of nitrogens with zero attached hydrogens (tertiary/aromatic N) is 1. The van der Waals surface area contributed by atoms with Crippen LogP contribution in [-0.4, -0.2) is 61.8 Å². The van der Waals surface area contributed by atoms with Gasteiger partial charge in [0.05, 0.1) is 37.2 Å². The average molecular weight is 550 g/mol. The number of aliphatic hydroxyl groups is 1. The molecule has 0 saturated carbocycles. The monoisotopic (exact) mass is 549 g/mol. The van der Waals surface area contributed by atoms with E-state index in [-0.39, 0.29) is 38.8 Å². The fourth-order valence-electron chi connectivity index (χ4n) is 4.71. The molecule has 9 heteroatoms. The molecule has 1 aliphatic heterocycles. The number of fused-ring (bicyclic) bond motifs is 2. The summed E-state index contributed by atoms with van der Waals surface area (Å²) in [7, 11) is 0. The summed E-state index contributed by atoms with van der Waals surface area (Å²) < 4.78 is 15.5. The first-order valence-electron chi connectivity index (χ1n) is 13.6. The second-order valence-electron chi connectivity index (χ2n) is 10.0. The first kappa shape index (κ1) is 29.2. The van der Waals surface area contributed by atoms with Crippen LogP contribution in [0.5, 0.6) is 0 Å². The zero-order valence-corrected chi connectivity index (χ0v) is 22.8. The molecule has 1 N–H and O–H groups in total. The first-order valence-corrected chi connectivity index (χ1v) is 13.6. The van der Waals surface area contributed by atoms with Crippen molar-refractivity contribution in [1.29, 1.82) is 0 Å². The Labute approximate surface area is 233 Å². The number of carbonyl (C=O) groups is 3. The molecule has 212 valence electrons. The molecule has 4 rings (SSSR count). The van der Waals surface area contributed by atoms with Gasteiger partial charge in [-0.3, -0.25) is 9.59 Å². The van der Waals surface area contributed by atoms with Crippen LogP contribution in [0.3, 0.4) is 0 Å². The molecular formula is C31H35NO8. The van der Waals surface area contributed by atoms with Crippen molar-refractivity contribution in [2.24, 2.45) is 22.9 Å². The highest BCUT2D eigenvalue weighted by Gasteiger charge is 2.33. The van der Waals surface area contributed by atoms with Gasteiger partial charge in [0, 0.05) is 5.56 Å². The smallest absolute Gasteiger partial charge is 0.337 e. The van der Waals surface area contributed by atoms with E-state index in [1.165, 1.54) is 6.21 Å². The highest BCUT2D eigenvalue weighted by Crippen LogP contribution is 2.28. The Hall–Kier alpha value is -3.82. The van der Waals surface area contributed by atoms with Crippen LogP contribution in [0.4, 0.5) is 0 Å². The third kappa shape index (κ3) is 7.64. The quantitative estimate of drug-likeness (QED) is 0.0783. The van der Waals surface area contributed by atoms with Crippen LogP contribution in [0.25, 0.3) is 21.5 Å². The average Bonchev–Trinajstić information content (AvgIpc) is 3.80. The van der Waals surface area contributed by atoms with Crippen molar-refractivity contribution in [3.8, 4) is 0 Å². The van der Waals surface area contributed by atoms with Gasteiger partial charge in [0.2, 0.25) is 0 Å². The molecule has 3 aromatic rings. The van der Waals surface area contributed by atoms with Gasteiger partial charge in [-0.15, -0.1) is 0 Å². The van der Waals surface area contributed by atoms with E-state index >= 15 is 0 Å². The van der Waals surface area contributed by atoms with Gasteiger partial charge in [-0.2, -0.15) is 0 Å². The molecule has 0 spiro atoms. The van der Waals surface area contributed by atoms with E-state index < -0.39 is 35.7 Å². The number of esters is 2. The summed E-state index contributed by atoms with van der Waals surface area (Å²) in [5, 5.41) is 17.1. The molecule has 0 aromatic heterocycles. The third-order valence-corrected chi connectivity index (χ3v) is 7.06. The molecule has 1 aliphatic rings. The van der Waals surface area contributed by atoms with Gasteiger partial charge in [-0.25, -0.2) is 4.79 Å². The number of hydrogen-bond donors (Lipinski definition) is 1. The van der Waals surface area contributed by atoms with Crippen LogP contribution >= 0.6 is 0 Å². The van der Waals surface area contributed by atoms with Gasteiger partial charge in [-0.1, -0.05) is 67.5 Å². The van der Waals surface area contributed by atoms with Crippen LogP contribution in [-0.2, 0) is 33.4 Å². The van der Waals surface area contributed by atoms with Gasteiger partial charge in [0.25, 0.3) is 0 Å². The van der Waals surface area contributed by atoms with Crippen molar-refractivity contribution < 1.29 is 38.5 Å². The van der Waals surface area contributed by atoms with Crippen LogP contribution in [0.2, 0.25) is 0 Å². The van der Waals surface area contributed by atoms with E-state index in [1.54, 1.807) is 6.92 Å². The Kier molecular flexibility index (Phi) is 10.2. The predicted octanol–water partition coefficient (Wildman–Crippen LogP) is 4.41. The SMILES string of the molecule is CCC(CC(CC(C)C(=O)O/N=C/c1c2ccccc2cc2ccccc12)C(=O)OCCO)C(=O)OCC1CO1. The summed E-state index contributed by atoms with van der Waals surface area (Å²) in [6.45, 7) is 3.73. The zero-order chi connectivity index (χ0) is 28.5. The molecule has 4 unspecified atom stereocenters. The lowest BCUT2D eigenvalue weighted by Gasteiger charge is -2.22. The van der Waals surface area contributed by atoms with Crippen molar-refractivity contribution in [3.63, 3.8) is 0 Å². The number of rotatable bonds is 14. The molecule has 1 fully saturated rings. The Balaban J connectivity index is 1.43. The second kappa shape index (κ2) is 14.0. The van der Waals surface area contributed by atoms with Crippen LogP contribution in [0, 0.1) is 17.8 Å². The number of aliphatic hydroxyl groups excluding tert-OH is 1. The maximum Gasteiger partial charge on any atom is 0.337 e. The fraction of sp³-hybridized carbons (Fsp3) is 0.419. The van der Waals surface area contributed by atoms with E-state index in [0.29, 0.717) is 13.0 Å². The minimum Gasteiger partial charge on any atom is -0.463 e. The topological polar surface area (TPSA) is 124 Å². The lowest BCUT2D eigenvalue weighted by Crippen LogP contribution is -2.29. The van der Waals surface area contributed by atoms with E-state index in [0.717, 1.165) is 27.1 Å². The van der Waals surface area contributed by atoms with E-state index in [4.69, 9.17) is 24.2 Å². The van der Waals surface area contributed by atoms with Crippen molar-refractivity contribution in [1.82, 2.24) is 0 Å². The molecule has 40 heavy (non-hydrogen) atoms. The summed E-state index contributed by atoms with van der Waals surface area (Å²) in [5.74, 6) is -3.64. The lowest BCUT2D eigenvalue weighted by atomic mass is 9.86. The van der Waals surface area contributed by atoms with E-state index in [9.17, 15) is 14.4 Å². The van der Waals surface area contributed by atoms with Gasteiger partial charge in [0.15, 0.2) is 0 Å². The molecule has 1 heterocycles. The maximum absolute atomic E-state index is 12.9. The minimum atomic E-state index is -0.769. The van der Waals surface area contributed by atoms with Crippen LogP contribution in [0.1, 0.15) is 38.7 Å². The zero-order valence-electron chi connectivity index (χ0n) is 22.8. The highest BCUT2D eigenvalue weighted by molar-refractivity contribution is 6.13. The largest absolute Gasteiger partial charge is 0.463 e. The number of hydrogen-bond acceptors (Lipinski definition) is 9. The fourth-order valence-corrected chi connectivity index (χ4v) is 4.71. The van der Waals surface area contributed by atoms with Gasteiger partial charge >= 0.3 is 17.9 Å². The number of carbonyl (C=O) groups excluding carboxylic acids is 3. The van der Waals surface area contributed by atoms with Crippen molar-refractivity contribution in [2.45, 2.75) is 39.2 Å². The number of epoxide rings is 1. The summed E-state index contributed by atoms with van der Waals surface area (Å²) in [6, 6.07) is 17.9. The third-order valence-electron chi connectivity index (χ3n) is 7.06. The van der Waals surface area contributed by atoms with E-state index in [1.807, 2.05) is 55.5 Å². The highest BCUT2D eigenvalue weighted by atomic mass is 16.7. The van der Waals surface area contributed by atoms with Crippen LogP contribution in [0.15, 0.2) is 59.8 Å². The predicted molar refractivity (Wildman–Crippen MR) is 150 cm³/mol. The van der Waals surface area contributed by atoms with Gasteiger partial charge in [0.1, 0.15) is 19.3 Å². The van der Waals surface area contributed by atoms with Crippen LogP contribution < -0.4 is 0 Å². The number of oxime groups is 1. The molecule has 0 radical (unpaired) electrons. The molecule has 0 aliphatic carbocycles. The minimum absolute atomic E-state index is 0.0611. The molecule has 1 saturated heterocycles. The standard InChI is InChI=1S/C31H35NO8/c1-3-21(30(35)39-19-25-18-38-25)15-24(31(36)37-13-12-33)14-20(2)29(34)40-32-17-28-26-10-6-4-8-22(26)16-23-9-5-7-11-27(23)28/h4-11,16-17,20-21,24-25,33H,3,12-15,18-19H2,1-2H3/b32-17+. The van der Waals surface area contributed by atoms with Gasteiger partial charge < -0.3 is 24.2 Å². The second-order valence-corrected chi connectivity index (χ2v) is 10.0.